The van der Waals surface area contributed by atoms with Crippen molar-refractivity contribution in [3.05, 3.63) is 108 Å². The Bertz CT molecular complexity index is 1310. The molecular formula is C28H27BrN2O. The van der Waals surface area contributed by atoms with E-state index in [-0.39, 0.29) is 17.0 Å². The molecule has 0 atom stereocenters. The van der Waals surface area contributed by atoms with Crippen molar-refractivity contribution in [2.45, 2.75) is 32.9 Å². The Morgan fingerprint density at radius 1 is 0.812 bits per heavy atom. The third kappa shape index (κ3) is 4.56. The largest absolute Gasteiger partial charge is 0.489 e. The molecule has 0 aliphatic rings. The molecule has 32 heavy (non-hydrogen) atoms. The van der Waals surface area contributed by atoms with E-state index in [9.17, 15) is 0 Å². The van der Waals surface area contributed by atoms with Gasteiger partial charge in [0.1, 0.15) is 12.4 Å². The third-order valence-corrected chi connectivity index (χ3v) is 5.87. The zero-order valence-corrected chi connectivity index (χ0v) is 19.9. The average Bonchev–Trinajstić information content (AvgIpc) is 3.13. The molecular weight excluding hydrogens is 460 g/mol. The van der Waals surface area contributed by atoms with Gasteiger partial charge in [0.25, 0.3) is 0 Å². The van der Waals surface area contributed by atoms with E-state index in [1.807, 2.05) is 24.4 Å². The van der Waals surface area contributed by atoms with Crippen LogP contribution in [-0.4, -0.2) is 9.55 Å². The quantitative estimate of drug-likeness (QED) is 0.241. The predicted octanol–water partition coefficient (Wildman–Crippen LogP) is 7.29. The normalized spacial score (nSPS) is 10.9. The maximum absolute atomic E-state index is 6.13. The highest BCUT2D eigenvalue weighted by atomic mass is 79.9. The summed E-state index contributed by atoms with van der Waals surface area (Å²) < 4.78 is 8.55. The van der Waals surface area contributed by atoms with Crippen molar-refractivity contribution in [2.24, 2.45) is 0 Å². The number of benzene rings is 3. The first-order valence-corrected chi connectivity index (χ1v) is 10.9. The van der Waals surface area contributed by atoms with Crippen molar-refractivity contribution in [2.75, 3.05) is 0 Å². The van der Waals surface area contributed by atoms with Crippen molar-refractivity contribution in [3.8, 4) is 5.75 Å². The first-order chi connectivity index (χ1) is 15.3. The number of aromatic nitrogens is 2. The molecule has 0 saturated heterocycles. The summed E-state index contributed by atoms with van der Waals surface area (Å²) in [5, 5.41) is 2.52. The lowest BCUT2D eigenvalue weighted by Gasteiger charge is -2.11. The van der Waals surface area contributed by atoms with Crippen LogP contribution in [0.4, 0.5) is 0 Å². The molecule has 0 bridgehead atoms. The number of halogens is 1. The van der Waals surface area contributed by atoms with E-state index < -0.39 is 0 Å². The number of hydrogen-bond donors (Lipinski definition) is 0. The van der Waals surface area contributed by atoms with Gasteiger partial charge in [0.2, 0.25) is 0 Å². The van der Waals surface area contributed by atoms with Crippen molar-refractivity contribution in [3.63, 3.8) is 0 Å². The Morgan fingerprint density at radius 3 is 2.28 bits per heavy atom. The van der Waals surface area contributed by atoms with E-state index in [4.69, 9.17) is 4.74 Å². The standard InChI is InChI=1S/C28H26N2O.BrH/c1-21-28-26(16-17-29-21)25-15-14-24(31-20-23-11-6-3-7-12-23)19-27(25)30(28)18-8-13-22-9-4-2-5-10-22;/h2-7,9-12,14-17,19H,8,13,18,20H2,1H3;1H. The fourth-order valence-corrected chi connectivity index (χ4v) is 4.35. The highest BCUT2D eigenvalue weighted by Gasteiger charge is 2.14. The van der Waals surface area contributed by atoms with Crippen LogP contribution in [-0.2, 0) is 19.6 Å². The monoisotopic (exact) mass is 486 g/mol. The summed E-state index contributed by atoms with van der Waals surface area (Å²) in [6.45, 7) is 3.62. The lowest BCUT2D eigenvalue weighted by Crippen LogP contribution is -2.02. The summed E-state index contributed by atoms with van der Waals surface area (Å²) in [5.74, 6) is 0.897. The number of ether oxygens (including phenoxy) is 1. The number of aryl methyl sites for hydroxylation is 3. The predicted molar refractivity (Wildman–Crippen MR) is 138 cm³/mol. The van der Waals surface area contributed by atoms with Gasteiger partial charge < -0.3 is 9.30 Å². The Labute approximate surface area is 199 Å². The van der Waals surface area contributed by atoms with Crippen LogP contribution < -0.4 is 4.74 Å². The number of rotatable bonds is 7. The van der Waals surface area contributed by atoms with Crippen LogP contribution in [0.25, 0.3) is 21.8 Å². The van der Waals surface area contributed by atoms with Crippen LogP contribution in [0.2, 0.25) is 0 Å². The number of fused-ring (bicyclic) bond motifs is 3. The van der Waals surface area contributed by atoms with Crippen LogP contribution in [0.5, 0.6) is 5.75 Å². The Hall–Kier alpha value is -3.11. The van der Waals surface area contributed by atoms with Gasteiger partial charge in [-0.25, -0.2) is 0 Å². The molecule has 5 rings (SSSR count). The first-order valence-electron chi connectivity index (χ1n) is 10.9. The number of nitrogens with zero attached hydrogens (tertiary/aromatic N) is 2. The van der Waals surface area contributed by atoms with Crippen molar-refractivity contribution in [1.82, 2.24) is 9.55 Å². The van der Waals surface area contributed by atoms with Gasteiger partial charge in [0, 0.05) is 29.6 Å². The van der Waals surface area contributed by atoms with Gasteiger partial charge in [-0.05, 0) is 49.1 Å². The number of hydrogen-bond acceptors (Lipinski definition) is 2. The molecule has 162 valence electrons. The van der Waals surface area contributed by atoms with Gasteiger partial charge in [-0.3, -0.25) is 4.98 Å². The molecule has 0 fully saturated rings. The van der Waals surface area contributed by atoms with Crippen LogP contribution in [0, 0.1) is 6.92 Å². The fraction of sp³-hybridized carbons (Fsp3) is 0.179. The molecule has 5 aromatic rings. The van der Waals surface area contributed by atoms with Crippen LogP contribution in [0.1, 0.15) is 23.2 Å². The molecule has 0 aliphatic heterocycles. The minimum Gasteiger partial charge on any atom is -0.489 e. The smallest absolute Gasteiger partial charge is 0.121 e. The van der Waals surface area contributed by atoms with Gasteiger partial charge >= 0.3 is 0 Å². The highest BCUT2D eigenvalue weighted by molar-refractivity contribution is 8.93. The molecule has 0 unspecified atom stereocenters. The molecule has 2 heterocycles. The van der Waals surface area contributed by atoms with Gasteiger partial charge in [-0.15, -0.1) is 17.0 Å². The Kier molecular flexibility index (Phi) is 6.91. The molecule has 0 spiro atoms. The fourth-order valence-electron chi connectivity index (χ4n) is 4.35. The van der Waals surface area contributed by atoms with Gasteiger partial charge in [0.05, 0.1) is 16.7 Å². The lowest BCUT2D eigenvalue weighted by atomic mass is 10.1. The summed E-state index contributed by atoms with van der Waals surface area (Å²) in [5.41, 5.74) is 6.06. The Morgan fingerprint density at radius 2 is 1.53 bits per heavy atom. The molecule has 0 radical (unpaired) electrons. The topological polar surface area (TPSA) is 27.1 Å². The minimum atomic E-state index is 0. The molecule has 0 amide bonds. The van der Waals surface area contributed by atoms with Gasteiger partial charge in [0.15, 0.2) is 0 Å². The second-order valence-electron chi connectivity index (χ2n) is 7.99. The van der Waals surface area contributed by atoms with Crippen LogP contribution in [0.15, 0.2) is 91.1 Å². The summed E-state index contributed by atoms with van der Waals surface area (Å²) in [7, 11) is 0. The van der Waals surface area contributed by atoms with Crippen LogP contribution >= 0.6 is 17.0 Å². The van der Waals surface area contributed by atoms with E-state index in [0.717, 1.165) is 30.8 Å². The molecule has 0 aliphatic carbocycles. The van der Waals surface area contributed by atoms with Gasteiger partial charge in [-0.2, -0.15) is 0 Å². The molecule has 2 aromatic heterocycles. The van der Waals surface area contributed by atoms with E-state index in [1.165, 1.54) is 32.9 Å². The zero-order valence-electron chi connectivity index (χ0n) is 18.2. The Balaban J connectivity index is 0.00000245. The van der Waals surface area contributed by atoms with E-state index >= 15 is 0 Å². The first kappa shape index (κ1) is 22.1. The second kappa shape index (κ2) is 10.0. The summed E-state index contributed by atoms with van der Waals surface area (Å²) in [4.78, 5) is 4.58. The third-order valence-electron chi connectivity index (χ3n) is 5.87. The maximum Gasteiger partial charge on any atom is 0.121 e. The highest BCUT2D eigenvalue weighted by Crippen LogP contribution is 2.33. The molecule has 0 N–H and O–H groups in total. The molecule has 3 nitrogen and oxygen atoms in total. The zero-order chi connectivity index (χ0) is 21.0. The maximum atomic E-state index is 6.13. The molecule has 4 heteroatoms. The van der Waals surface area contributed by atoms with E-state index in [0.29, 0.717) is 6.61 Å². The van der Waals surface area contributed by atoms with Crippen molar-refractivity contribution < 1.29 is 4.74 Å². The van der Waals surface area contributed by atoms with E-state index in [1.54, 1.807) is 0 Å². The second-order valence-corrected chi connectivity index (χ2v) is 7.99. The van der Waals surface area contributed by atoms with Gasteiger partial charge in [-0.1, -0.05) is 60.7 Å². The van der Waals surface area contributed by atoms with Crippen molar-refractivity contribution >= 4 is 38.8 Å². The molecule has 3 aromatic carbocycles. The summed E-state index contributed by atoms with van der Waals surface area (Å²) >= 11 is 0. The van der Waals surface area contributed by atoms with Crippen LogP contribution in [0.3, 0.4) is 0 Å². The van der Waals surface area contributed by atoms with E-state index in [2.05, 4.69) is 83.2 Å². The average molecular weight is 487 g/mol. The molecule has 0 saturated carbocycles. The summed E-state index contributed by atoms with van der Waals surface area (Å²) in [6, 6.07) is 29.6. The summed E-state index contributed by atoms with van der Waals surface area (Å²) in [6.07, 6.45) is 4.04. The van der Waals surface area contributed by atoms with Crippen molar-refractivity contribution in [1.29, 1.82) is 0 Å². The number of pyridine rings is 1. The lowest BCUT2D eigenvalue weighted by molar-refractivity contribution is 0.306. The SMILES string of the molecule is Br.Cc1nccc2c3ccc(OCc4ccccc4)cc3n(CCCc3ccccc3)c12. The minimum absolute atomic E-state index is 0.